The van der Waals surface area contributed by atoms with E-state index in [-0.39, 0.29) is 11.8 Å². The van der Waals surface area contributed by atoms with Gasteiger partial charge in [0, 0.05) is 58.4 Å². The quantitative estimate of drug-likeness (QED) is 0.419. The molecule has 28 heavy (non-hydrogen) atoms. The van der Waals surface area contributed by atoms with Gasteiger partial charge in [-0.05, 0) is 61.4 Å². The van der Waals surface area contributed by atoms with Gasteiger partial charge in [-0.2, -0.15) is 0 Å². The predicted molar refractivity (Wildman–Crippen MR) is 111 cm³/mol. The summed E-state index contributed by atoms with van der Waals surface area (Å²) in [5, 5.41) is 2.10. The van der Waals surface area contributed by atoms with Crippen LogP contribution in [0.3, 0.4) is 0 Å². The van der Waals surface area contributed by atoms with Crippen molar-refractivity contribution in [1.82, 2.24) is 9.97 Å². The monoisotopic (exact) mass is 374 g/mol. The molecule has 2 aromatic heterocycles. The molecule has 2 heterocycles. The second-order valence-electron chi connectivity index (χ2n) is 6.90. The van der Waals surface area contributed by atoms with Crippen LogP contribution in [0.4, 0.5) is 11.4 Å². The zero-order valence-electron chi connectivity index (χ0n) is 15.4. The van der Waals surface area contributed by atoms with Gasteiger partial charge in [0.05, 0.1) is 0 Å². The third-order valence-electron chi connectivity index (χ3n) is 4.90. The van der Waals surface area contributed by atoms with Gasteiger partial charge in [0.2, 0.25) is 11.8 Å². The number of nitrogens with zero attached hydrogens (tertiary/aromatic N) is 1. The van der Waals surface area contributed by atoms with Gasteiger partial charge < -0.3 is 15.7 Å². The Bertz CT molecular complexity index is 1070. The lowest BCUT2D eigenvalue weighted by Gasteiger charge is -2.23. The molecule has 0 saturated carbocycles. The molecule has 0 saturated heterocycles. The fraction of sp³-hybridized carbons (Fsp3) is 0.182. The minimum absolute atomic E-state index is 0.00533. The Labute approximate surface area is 162 Å². The van der Waals surface area contributed by atoms with E-state index in [1.807, 2.05) is 60.9 Å². The number of carbonyl (C=O) groups excluding carboxylic acids is 2. The maximum Gasteiger partial charge on any atom is 0.231 e. The number of fused-ring (bicyclic) bond motifs is 2. The highest BCUT2D eigenvalue weighted by atomic mass is 16.2. The molecule has 4 aromatic rings. The van der Waals surface area contributed by atoms with E-state index in [1.54, 1.807) is 4.90 Å². The topological polar surface area (TPSA) is 95.0 Å². The summed E-state index contributed by atoms with van der Waals surface area (Å²) in [6, 6.07) is 15.8. The van der Waals surface area contributed by atoms with Gasteiger partial charge in [-0.15, -0.1) is 0 Å². The summed E-state index contributed by atoms with van der Waals surface area (Å²) in [5.74, 6) is -0.339. The summed E-state index contributed by atoms with van der Waals surface area (Å²) in [5.41, 5.74) is 8.89. The molecule has 4 rings (SSSR count). The molecular formula is C22H22N4O2. The smallest absolute Gasteiger partial charge is 0.231 e. The molecule has 0 aliphatic heterocycles. The molecular weight excluding hydrogens is 352 g/mol. The van der Waals surface area contributed by atoms with Crippen LogP contribution >= 0.6 is 0 Å². The average Bonchev–Trinajstić information content (AvgIpc) is 3.33. The number of rotatable bonds is 7. The molecule has 0 radical (unpaired) electrons. The number of H-pyrrole nitrogens is 2. The Morgan fingerprint density at radius 1 is 0.786 bits per heavy atom. The number of hydrogen-bond donors (Lipinski definition) is 3. The molecule has 2 aromatic carbocycles. The normalized spacial score (nSPS) is 11.1. The maximum atomic E-state index is 13.1. The molecule has 0 spiro atoms. The van der Waals surface area contributed by atoms with E-state index in [0.717, 1.165) is 33.2 Å². The van der Waals surface area contributed by atoms with E-state index in [1.165, 1.54) is 0 Å². The number of nitrogens with one attached hydrogen (secondary N) is 2. The maximum absolute atomic E-state index is 13.1. The van der Waals surface area contributed by atoms with E-state index in [9.17, 15) is 9.59 Å². The van der Waals surface area contributed by atoms with Gasteiger partial charge in [-0.1, -0.05) is 0 Å². The Morgan fingerprint density at radius 2 is 1.32 bits per heavy atom. The van der Waals surface area contributed by atoms with Crippen LogP contribution < -0.4 is 10.6 Å². The molecule has 6 heteroatoms. The number of anilines is 2. The van der Waals surface area contributed by atoms with Crippen LogP contribution in [0.2, 0.25) is 0 Å². The van der Waals surface area contributed by atoms with E-state index in [4.69, 9.17) is 5.73 Å². The first-order valence-electron chi connectivity index (χ1n) is 9.37. The Balaban J connectivity index is 1.67. The molecule has 0 aliphatic rings. The Kier molecular flexibility index (Phi) is 4.85. The third kappa shape index (κ3) is 3.62. The van der Waals surface area contributed by atoms with Gasteiger partial charge in [-0.3, -0.25) is 14.5 Å². The summed E-state index contributed by atoms with van der Waals surface area (Å²) in [4.78, 5) is 32.2. The predicted octanol–water partition coefficient (Wildman–Crippen LogP) is 4.36. The molecule has 0 unspecified atom stereocenters. The van der Waals surface area contributed by atoms with Crippen LogP contribution in [-0.2, 0) is 9.59 Å². The summed E-state index contributed by atoms with van der Waals surface area (Å²) >= 11 is 0. The number of primary amides is 1. The summed E-state index contributed by atoms with van der Waals surface area (Å²) in [7, 11) is 0. The highest BCUT2D eigenvalue weighted by Gasteiger charge is 2.19. The zero-order chi connectivity index (χ0) is 19.5. The molecule has 4 N–H and O–H groups in total. The SMILES string of the molecule is NC(=O)CCCCC(=O)N(c1ccc2[nH]ccc2c1)c1ccc2[nH]ccc2c1. The third-order valence-corrected chi connectivity index (χ3v) is 4.90. The highest BCUT2D eigenvalue weighted by Crippen LogP contribution is 2.31. The van der Waals surface area contributed by atoms with E-state index >= 15 is 0 Å². The van der Waals surface area contributed by atoms with Crippen molar-refractivity contribution in [3.05, 3.63) is 60.9 Å². The van der Waals surface area contributed by atoms with Crippen LogP contribution in [-0.4, -0.2) is 21.8 Å². The number of unbranched alkanes of at least 4 members (excludes halogenated alkanes) is 1. The number of nitrogens with two attached hydrogens (primary N) is 1. The lowest BCUT2D eigenvalue weighted by molar-refractivity contribution is -0.119. The summed E-state index contributed by atoms with van der Waals surface area (Å²) < 4.78 is 0. The Hall–Kier alpha value is -3.54. The lowest BCUT2D eigenvalue weighted by Crippen LogP contribution is -2.25. The number of amides is 2. The number of carbonyl (C=O) groups is 2. The second kappa shape index (κ2) is 7.60. The summed E-state index contributed by atoms with van der Waals surface area (Å²) in [6.07, 6.45) is 5.66. The highest BCUT2D eigenvalue weighted by molar-refractivity contribution is 6.03. The van der Waals surface area contributed by atoms with Gasteiger partial charge in [0.25, 0.3) is 0 Å². The Morgan fingerprint density at radius 3 is 1.86 bits per heavy atom. The largest absolute Gasteiger partial charge is 0.370 e. The van der Waals surface area contributed by atoms with Crippen molar-refractivity contribution in [1.29, 1.82) is 0 Å². The average molecular weight is 374 g/mol. The zero-order valence-corrected chi connectivity index (χ0v) is 15.4. The van der Waals surface area contributed by atoms with Gasteiger partial charge in [0.15, 0.2) is 0 Å². The second-order valence-corrected chi connectivity index (χ2v) is 6.90. The number of hydrogen-bond acceptors (Lipinski definition) is 2. The first kappa shape index (κ1) is 17.9. The van der Waals surface area contributed by atoms with Crippen molar-refractivity contribution in [3.63, 3.8) is 0 Å². The minimum atomic E-state index is -0.333. The minimum Gasteiger partial charge on any atom is -0.370 e. The first-order valence-corrected chi connectivity index (χ1v) is 9.37. The van der Waals surface area contributed by atoms with Crippen molar-refractivity contribution >= 4 is 45.0 Å². The van der Waals surface area contributed by atoms with Crippen LogP contribution in [0.15, 0.2) is 60.9 Å². The van der Waals surface area contributed by atoms with Gasteiger partial charge in [-0.25, -0.2) is 0 Å². The molecule has 0 fully saturated rings. The van der Waals surface area contributed by atoms with Crippen molar-refractivity contribution in [2.75, 3.05) is 4.90 Å². The number of aromatic nitrogens is 2. The molecule has 0 atom stereocenters. The van der Waals surface area contributed by atoms with Crippen LogP contribution in [0.25, 0.3) is 21.8 Å². The molecule has 142 valence electrons. The van der Waals surface area contributed by atoms with E-state index < -0.39 is 0 Å². The summed E-state index contributed by atoms with van der Waals surface area (Å²) in [6.45, 7) is 0. The fourth-order valence-corrected chi connectivity index (χ4v) is 3.48. The van der Waals surface area contributed by atoms with Crippen LogP contribution in [0, 0.1) is 0 Å². The molecule has 0 bridgehead atoms. The van der Waals surface area contributed by atoms with Gasteiger partial charge >= 0.3 is 0 Å². The van der Waals surface area contributed by atoms with Gasteiger partial charge in [0.1, 0.15) is 0 Å². The standard InChI is InChI=1S/C22H22N4O2/c23-21(27)3-1-2-4-22(28)26(17-5-7-19-15(13-17)9-11-24-19)18-6-8-20-16(14-18)10-12-25-20/h5-14,24-25H,1-4H2,(H2,23,27). The van der Waals surface area contributed by atoms with E-state index in [2.05, 4.69) is 9.97 Å². The van der Waals surface area contributed by atoms with Crippen molar-refractivity contribution in [2.45, 2.75) is 25.7 Å². The fourth-order valence-electron chi connectivity index (χ4n) is 3.48. The molecule has 2 amide bonds. The van der Waals surface area contributed by atoms with E-state index in [0.29, 0.717) is 25.7 Å². The molecule has 6 nitrogen and oxygen atoms in total. The first-order chi connectivity index (χ1) is 13.6. The van der Waals surface area contributed by atoms with Crippen molar-refractivity contribution in [2.24, 2.45) is 5.73 Å². The lowest BCUT2D eigenvalue weighted by atomic mass is 10.1. The van der Waals surface area contributed by atoms with Crippen molar-refractivity contribution < 1.29 is 9.59 Å². The van der Waals surface area contributed by atoms with Crippen LogP contribution in [0.5, 0.6) is 0 Å². The van der Waals surface area contributed by atoms with Crippen LogP contribution in [0.1, 0.15) is 25.7 Å². The molecule has 0 aliphatic carbocycles. The number of aromatic amines is 2. The van der Waals surface area contributed by atoms with Crippen molar-refractivity contribution in [3.8, 4) is 0 Å². The number of benzene rings is 2.